The van der Waals surface area contributed by atoms with Gasteiger partial charge in [0.25, 0.3) is 5.91 Å². The highest BCUT2D eigenvalue weighted by Crippen LogP contribution is 2.22. The Morgan fingerprint density at radius 3 is 2.39 bits per heavy atom. The quantitative estimate of drug-likeness (QED) is 0.594. The zero-order valence-corrected chi connectivity index (χ0v) is 18.6. The van der Waals surface area contributed by atoms with E-state index in [1.165, 1.54) is 6.07 Å². The van der Waals surface area contributed by atoms with Crippen molar-refractivity contribution in [3.63, 3.8) is 0 Å². The Hall–Kier alpha value is -2.70. The molecule has 1 aliphatic heterocycles. The molecule has 2 heterocycles. The van der Waals surface area contributed by atoms with Crippen molar-refractivity contribution in [1.82, 2.24) is 19.6 Å². The van der Waals surface area contributed by atoms with Gasteiger partial charge < -0.3 is 4.90 Å². The predicted molar refractivity (Wildman–Crippen MR) is 120 cm³/mol. The van der Waals surface area contributed by atoms with Crippen LogP contribution in [0, 0.1) is 19.7 Å². The molecule has 0 bridgehead atoms. The number of rotatable bonds is 5. The molecule has 3 aromatic rings. The Kier molecular flexibility index (Phi) is 6.39. The molecule has 0 aliphatic carbocycles. The van der Waals surface area contributed by atoms with Gasteiger partial charge in [-0.15, -0.1) is 0 Å². The van der Waals surface area contributed by atoms with Crippen molar-refractivity contribution in [1.29, 1.82) is 0 Å². The number of aromatic nitrogens is 2. The standard InChI is InChI=1S/C24H26ClFN4O/c1-17-23(18(2)30(27-17)15-19-7-4-3-5-8-19)24(31)29-13-11-28(12-14-29)16-20-21(25)9-6-10-22(20)26/h3-10H,11-16H2,1-2H3. The lowest BCUT2D eigenvalue weighted by Crippen LogP contribution is -2.48. The summed E-state index contributed by atoms with van der Waals surface area (Å²) in [6.45, 7) is 7.45. The third kappa shape index (κ3) is 4.65. The summed E-state index contributed by atoms with van der Waals surface area (Å²) in [5, 5.41) is 5.05. The lowest BCUT2D eigenvalue weighted by molar-refractivity contribution is 0.0625. The van der Waals surface area contributed by atoms with Gasteiger partial charge in [0.2, 0.25) is 0 Å². The maximum atomic E-state index is 14.1. The Morgan fingerprint density at radius 1 is 1.00 bits per heavy atom. The monoisotopic (exact) mass is 440 g/mol. The SMILES string of the molecule is Cc1nn(Cc2ccccc2)c(C)c1C(=O)N1CCN(Cc2c(F)cccc2Cl)CC1. The van der Waals surface area contributed by atoms with E-state index >= 15 is 0 Å². The minimum atomic E-state index is -0.289. The molecular formula is C24H26ClFN4O. The second kappa shape index (κ2) is 9.20. The fraction of sp³-hybridized carbons (Fsp3) is 0.333. The molecule has 1 saturated heterocycles. The van der Waals surface area contributed by atoms with Gasteiger partial charge in [0, 0.05) is 49.0 Å². The summed E-state index contributed by atoms with van der Waals surface area (Å²) in [7, 11) is 0. The first-order chi connectivity index (χ1) is 14.9. The third-order valence-corrected chi connectivity index (χ3v) is 6.23. The van der Waals surface area contributed by atoms with E-state index in [2.05, 4.69) is 22.1 Å². The Morgan fingerprint density at radius 2 is 1.71 bits per heavy atom. The van der Waals surface area contributed by atoms with E-state index in [0.717, 1.165) is 17.0 Å². The molecule has 1 fully saturated rings. The largest absolute Gasteiger partial charge is 0.336 e. The van der Waals surface area contributed by atoms with Gasteiger partial charge in [0.15, 0.2) is 0 Å². The van der Waals surface area contributed by atoms with E-state index in [-0.39, 0.29) is 11.7 Å². The fourth-order valence-electron chi connectivity index (χ4n) is 4.09. The van der Waals surface area contributed by atoms with Gasteiger partial charge in [-0.05, 0) is 31.5 Å². The number of hydrogen-bond donors (Lipinski definition) is 0. The summed E-state index contributed by atoms with van der Waals surface area (Å²) in [6, 6.07) is 14.8. The zero-order chi connectivity index (χ0) is 22.0. The van der Waals surface area contributed by atoms with Gasteiger partial charge in [-0.2, -0.15) is 5.10 Å². The Labute approximate surface area is 187 Å². The van der Waals surface area contributed by atoms with Gasteiger partial charge in [-0.1, -0.05) is 48.0 Å². The number of benzene rings is 2. The summed E-state index contributed by atoms with van der Waals surface area (Å²) in [4.78, 5) is 17.2. The molecule has 31 heavy (non-hydrogen) atoms. The topological polar surface area (TPSA) is 41.4 Å². The van der Waals surface area contributed by atoms with Crippen LogP contribution in [0.15, 0.2) is 48.5 Å². The number of hydrogen-bond acceptors (Lipinski definition) is 3. The lowest BCUT2D eigenvalue weighted by atomic mass is 10.1. The van der Waals surface area contributed by atoms with Crippen molar-refractivity contribution in [2.75, 3.05) is 26.2 Å². The van der Waals surface area contributed by atoms with Crippen molar-refractivity contribution in [2.45, 2.75) is 26.9 Å². The second-order valence-electron chi connectivity index (χ2n) is 7.96. The van der Waals surface area contributed by atoms with Crippen LogP contribution in [0.5, 0.6) is 0 Å². The maximum absolute atomic E-state index is 14.1. The van der Waals surface area contributed by atoms with Crippen molar-refractivity contribution < 1.29 is 9.18 Å². The Balaban J connectivity index is 1.42. The van der Waals surface area contributed by atoms with E-state index in [1.807, 2.05) is 41.6 Å². The molecule has 0 unspecified atom stereocenters. The number of nitrogens with zero attached hydrogens (tertiary/aromatic N) is 4. The highest BCUT2D eigenvalue weighted by atomic mass is 35.5. The maximum Gasteiger partial charge on any atom is 0.257 e. The molecule has 5 nitrogen and oxygen atoms in total. The van der Waals surface area contributed by atoms with E-state index in [1.54, 1.807) is 12.1 Å². The zero-order valence-electron chi connectivity index (χ0n) is 17.8. The average molecular weight is 441 g/mol. The average Bonchev–Trinajstić information content (AvgIpc) is 3.04. The van der Waals surface area contributed by atoms with Gasteiger partial charge in [0.1, 0.15) is 5.82 Å². The van der Waals surface area contributed by atoms with Crippen LogP contribution < -0.4 is 0 Å². The van der Waals surface area contributed by atoms with Crippen molar-refractivity contribution in [3.8, 4) is 0 Å². The number of piperazine rings is 1. The first-order valence-corrected chi connectivity index (χ1v) is 10.8. The summed E-state index contributed by atoms with van der Waals surface area (Å²) in [5.41, 5.74) is 3.97. The van der Waals surface area contributed by atoms with Crippen molar-refractivity contribution in [2.24, 2.45) is 0 Å². The van der Waals surface area contributed by atoms with Crippen LogP contribution in [0.2, 0.25) is 5.02 Å². The smallest absolute Gasteiger partial charge is 0.257 e. The first-order valence-electron chi connectivity index (χ1n) is 10.5. The summed E-state index contributed by atoms with van der Waals surface area (Å²) < 4.78 is 16.0. The van der Waals surface area contributed by atoms with Crippen LogP contribution in [0.1, 0.15) is 32.9 Å². The summed E-state index contributed by atoms with van der Waals surface area (Å²) >= 11 is 6.16. The van der Waals surface area contributed by atoms with Crippen LogP contribution in [-0.4, -0.2) is 51.7 Å². The van der Waals surface area contributed by atoms with Crippen molar-refractivity contribution >= 4 is 17.5 Å². The molecule has 1 aromatic heterocycles. The van der Waals surface area contributed by atoms with Crippen LogP contribution in [-0.2, 0) is 13.1 Å². The molecule has 1 aliphatic rings. The number of aryl methyl sites for hydroxylation is 1. The normalized spacial score (nSPS) is 14.8. The number of carbonyl (C=O) groups excluding carboxylic acids is 1. The fourth-order valence-corrected chi connectivity index (χ4v) is 4.31. The van der Waals surface area contributed by atoms with Gasteiger partial charge >= 0.3 is 0 Å². The lowest BCUT2D eigenvalue weighted by Gasteiger charge is -2.35. The van der Waals surface area contributed by atoms with Crippen LogP contribution in [0.4, 0.5) is 4.39 Å². The van der Waals surface area contributed by atoms with E-state index < -0.39 is 0 Å². The molecule has 162 valence electrons. The number of halogens is 2. The summed E-state index contributed by atoms with van der Waals surface area (Å²) in [6.07, 6.45) is 0. The minimum absolute atomic E-state index is 0.0119. The van der Waals surface area contributed by atoms with Crippen LogP contribution in [0.25, 0.3) is 0 Å². The molecule has 4 rings (SSSR count). The predicted octanol–water partition coefficient (Wildman–Crippen LogP) is 4.30. The van der Waals surface area contributed by atoms with E-state index in [9.17, 15) is 9.18 Å². The molecule has 0 atom stereocenters. The molecule has 0 saturated carbocycles. The summed E-state index contributed by atoms with van der Waals surface area (Å²) in [5.74, 6) is -0.277. The molecule has 0 radical (unpaired) electrons. The molecule has 7 heteroatoms. The molecular weight excluding hydrogens is 415 g/mol. The van der Waals surface area contributed by atoms with E-state index in [0.29, 0.717) is 55.4 Å². The highest BCUT2D eigenvalue weighted by Gasteiger charge is 2.27. The van der Waals surface area contributed by atoms with Crippen LogP contribution >= 0.6 is 11.6 Å². The number of carbonyl (C=O) groups is 1. The van der Waals surface area contributed by atoms with E-state index in [4.69, 9.17) is 11.6 Å². The first kappa shape index (κ1) is 21.5. The minimum Gasteiger partial charge on any atom is -0.336 e. The Bertz CT molecular complexity index is 1050. The van der Waals surface area contributed by atoms with Gasteiger partial charge in [-0.25, -0.2) is 4.39 Å². The van der Waals surface area contributed by atoms with Gasteiger partial charge in [0.05, 0.1) is 17.8 Å². The highest BCUT2D eigenvalue weighted by molar-refractivity contribution is 6.31. The molecule has 2 aromatic carbocycles. The van der Waals surface area contributed by atoms with Crippen molar-refractivity contribution in [3.05, 3.63) is 87.4 Å². The van der Waals surface area contributed by atoms with Gasteiger partial charge in [-0.3, -0.25) is 14.4 Å². The number of amides is 1. The molecule has 0 spiro atoms. The molecule has 0 N–H and O–H groups in total. The van der Waals surface area contributed by atoms with Crippen LogP contribution in [0.3, 0.4) is 0 Å². The molecule has 1 amide bonds. The third-order valence-electron chi connectivity index (χ3n) is 5.87. The second-order valence-corrected chi connectivity index (χ2v) is 8.36.